The molecule has 1 aromatic rings. The summed E-state index contributed by atoms with van der Waals surface area (Å²) in [5.41, 5.74) is -0.163. The van der Waals surface area contributed by atoms with E-state index >= 15 is 0 Å². The third kappa shape index (κ3) is 3.64. The number of nitrogens with zero attached hydrogens (tertiary/aromatic N) is 2. The van der Waals surface area contributed by atoms with Crippen LogP contribution in [0.1, 0.15) is 23.7 Å². The van der Waals surface area contributed by atoms with Crippen molar-refractivity contribution >= 4 is 29.3 Å². The molecule has 8 heteroatoms. The van der Waals surface area contributed by atoms with Crippen LogP contribution in [0.5, 0.6) is 0 Å². The Hall–Kier alpha value is -2.09. The summed E-state index contributed by atoms with van der Waals surface area (Å²) >= 11 is 1.40. The van der Waals surface area contributed by atoms with Crippen LogP contribution in [-0.2, 0) is 4.79 Å². The molecule has 124 valence electrons. The monoisotopic (exact) mass is 338 g/mol. The van der Waals surface area contributed by atoms with Crippen LogP contribution in [0.2, 0.25) is 0 Å². The summed E-state index contributed by atoms with van der Waals surface area (Å²) in [5, 5.41) is 20.3. The van der Waals surface area contributed by atoms with Gasteiger partial charge in [0.25, 0.3) is 11.6 Å². The minimum absolute atomic E-state index is 0.0582. The third-order valence-electron chi connectivity index (χ3n) is 4.14. The smallest absolute Gasteiger partial charge is 0.306 e. The third-order valence-corrected chi connectivity index (χ3v) is 4.87. The van der Waals surface area contributed by atoms with Gasteiger partial charge in [-0.15, -0.1) is 11.8 Å². The Morgan fingerprint density at radius 2 is 2.13 bits per heavy atom. The Labute approximate surface area is 137 Å². The van der Waals surface area contributed by atoms with Gasteiger partial charge in [-0.25, -0.2) is 0 Å². The molecule has 0 aliphatic carbocycles. The first-order chi connectivity index (χ1) is 10.8. The van der Waals surface area contributed by atoms with E-state index in [2.05, 4.69) is 0 Å². The molecule has 2 atom stereocenters. The minimum atomic E-state index is -0.861. The number of amides is 1. The van der Waals surface area contributed by atoms with E-state index in [1.165, 1.54) is 28.8 Å². The van der Waals surface area contributed by atoms with Crippen molar-refractivity contribution in [2.45, 2.75) is 18.2 Å². The number of hydrogen-bond acceptors (Lipinski definition) is 5. The van der Waals surface area contributed by atoms with E-state index in [1.807, 2.05) is 6.26 Å². The molecule has 0 bridgehead atoms. The average molecular weight is 338 g/mol. The van der Waals surface area contributed by atoms with Crippen molar-refractivity contribution in [2.75, 3.05) is 19.3 Å². The molecule has 2 unspecified atom stereocenters. The van der Waals surface area contributed by atoms with Gasteiger partial charge >= 0.3 is 5.97 Å². The number of benzene rings is 1. The largest absolute Gasteiger partial charge is 0.481 e. The Balaban J connectivity index is 2.27. The molecule has 1 saturated heterocycles. The average Bonchev–Trinajstić information content (AvgIpc) is 2.52. The van der Waals surface area contributed by atoms with Crippen LogP contribution in [0.3, 0.4) is 0 Å². The number of likely N-dealkylation sites (tertiary alicyclic amines) is 1. The summed E-state index contributed by atoms with van der Waals surface area (Å²) in [5.74, 6) is -1.94. The number of hydrogen-bond donors (Lipinski definition) is 1. The van der Waals surface area contributed by atoms with E-state index < -0.39 is 22.7 Å². The summed E-state index contributed by atoms with van der Waals surface area (Å²) in [7, 11) is 0. The van der Waals surface area contributed by atoms with E-state index in [1.54, 1.807) is 13.0 Å². The lowest BCUT2D eigenvalue weighted by molar-refractivity contribution is -0.385. The minimum Gasteiger partial charge on any atom is -0.481 e. The SMILES string of the molecule is CSc1ccc([N+](=O)[O-])c(C(=O)N2CCC(C(=O)O)C(C)C2)c1. The fourth-order valence-corrected chi connectivity index (χ4v) is 3.28. The molecule has 2 rings (SSSR count). The quantitative estimate of drug-likeness (QED) is 0.514. The van der Waals surface area contributed by atoms with Crippen molar-refractivity contribution in [2.24, 2.45) is 11.8 Å². The molecule has 1 aliphatic rings. The number of carbonyl (C=O) groups excluding carboxylic acids is 1. The Morgan fingerprint density at radius 3 is 2.65 bits per heavy atom. The van der Waals surface area contributed by atoms with Crippen LogP contribution in [-0.4, -0.2) is 46.2 Å². The summed E-state index contributed by atoms with van der Waals surface area (Å²) in [4.78, 5) is 36.7. The van der Waals surface area contributed by atoms with Gasteiger partial charge in [0.2, 0.25) is 0 Å². The molecule has 0 saturated carbocycles. The highest BCUT2D eigenvalue weighted by Crippen LogP contribution is 2.29. The van der Waals surface area contributed by atoms with E-state index in [0.717, 1.165) is 4.90 Å². The molecule has 1 aliphatic heterocycles. The highest BCUT2D eigenvalue weighted by Gasteiger charge is 2.35. The van der Waals surface area contributed by atoms with Crippen LogP contribution in [0.15, 0.2) is 23.1 Å². The lowest BCUT2D eigenvalue weighted by Crippen LogP contribution is -2.45. The molecular formula is C15H18N2O5S. The van der Waals surface area contributed by atoms with Crippen LogP contribution in [0.25, 0.3) is 0 Å². The fourth-order valence-electron chi connectivity index (χ4n) is 2.84. The van der Waals surface area contributed by atoms with Crippen molar-refractivity contribution in [3.63, 3.8) is 0 Å². The first-order valence-corrected chi connectivity index (χ1v) is 8.42. The van der Waals surface area contributed by atoms with Gasteiger partial charge in [0.1, 0.15) is 5.56 Å². The number of rotatable bonds is 4. The summed E-state index contributed by atoms with van der Waals surface area (Å²) in [6, 6.07) is 4.48. The Kier molecular flexibility index (Phi) is 5.25. The normalized spacial score (nSPS) is 21.0. The first kappa shape index (κ1) is 17.3. The van der Waals surface area contributed by atoms with Crippen molar-refractivity contribution in [1.82, 2.24) is 4.90 Å². The van der Waals surface area contributed by atoms with Crippen molar-refractivity contribution in [3.8, 4) is 0 Å². The van der Waals surface area contributed by atoms with Gasteiger partial charge in [-0.2, -0.15) is 0 Å². The Morgan fingerprint density at radius 1 is 1.43 bits per heavy atom. The predicted molar refractivity (Wildman–Crippen MR) is 85.7 cm³/mol. The van der Waals surface area contributed by atoms with E-state index in [9.17, 15) is 19.7 Å². The van der Waals surface area contributed by atoms with Gasteiger partial charge in [0, 0.05) is 24.1 Å². The second-order valence-electron chi connectivity index (χ2n) is 5.60. The number of nitro groups is 1. The molecule has 1 fully saturated rings. The van der Waals surface area contributed by atoms with Crippen LogP contribution >= 0.6 is 11.8 Å². The highest BCUT2D eigenvalue weighted by atomic mass is 32.2. The molecule has 1 heterocycles. The number of carbonyl (C=O) groups is 2. The molecular weight excluding hydrogens is 320 g/mol. The maximum absolute atomic E-state index is 12.7. The lowest BCUT2D eigenvalue weighted by atomic mass is 9.87. The Bertz CT molecular complexity index is 649. The van der Waals surface area contributed by atoms with Gasteiger partial charge in [0.15, 0.2) is 0 Å². The zero-order valence-corrected chi connectivity index (χ0v) is 13.7. The molecule has 1 N–H and O–H groups in total. The van der Waals surface area contributed by atoms with Crippen LogP contribution in [0.4, 0.5) is 5.69 Å². The van der Waals surface area contributed by atoms with Crippen LogP contribution < -0.4 is 0 Å². The van der Waals surface area contributed by atoms with Crippen molar-refractivity contribution < 1.29 is 19.6 Å². The van der Waals surface area contributed by atoms with Crippen molar-refractivity contribution in [1.29, 1.82) is 0 Å². The number of carboxylic acid groups (broad SMARTS) is 1. The summed E-state index contributed by atoms with van der Waals surface area (Å²) < 4.78 is 0. The first-order valence-electron chi connectivity index (χ1n) is 7.19. The second-order valence-corrected chi connectivity index (χ2v) is 6.48. The van der Waals surface area contributed by atoms with Crippen molar-refractivity contribution in [3.05, 3.63) is 33.9 Å². The second kappa shape index (κ2) is 6.99. The molecule has 0 aromatic heterocycles. The molecule has 7 nitrogen and oxygen atoms in total. The van der Waals surface area contributed by atoms with Gasteiger partial charge in [-0.05, 0) is 30.7 Å². The number of piperidine rings is 1. The van der Waals surface area contributed by atoms with E-state index in [-0.39, 0.29) is 23.7 Å². The number of thioether (sulfide) groups is 1. The van der Waals surface area contributed by atoms with Gasteiger partial charge in [-0.3, -0.25) is 19.7 Å². The number of carboxylic acids is 1. The fraction of sp³-hybridized carbons (Fsp3) is 0.467. The lowest BCUT2D eigenvalue weighted by Gasteiger charge is -2.34. The molecule has 1 aromatic carbocycles. The molecule has 0 radical (unpaired) electrons. The van der Waals surface area contributed by atoms with E-state index in [0.29, 0.717) is 13.0 Å². The standard InChI is InChI=1S/C15H18N2O5S/c1-9-8-16(6-5-11(9)15(19)20)14(18)12-7-10(23-2)3-4-13(12)17(21)22/h3-4,7,9,11H,5-6,8H2,1-2H3,(H,19,20). The molecule has 23 heavy (non-hydrogen) atoms. The zero-order chi connectivity index (χ0) is 17.1. The van der Waals surface area contributed by atoms with Gasteiger partial charge in [0.05, 0.1) is 10.8 Å². The maximum Gasteiger partial charge on any atom is 0.306 e. The van der Waals surface area contributed by atoms with E-state index in [4.69, 9.17) is 5.11 Å². The summed E-state index contributed by atoms with van der Waals surface area (Å²) in [6.07, 6.45) is 2.19. The number of aliphatic carboxylic acids is 1. The van der Waals surface area contributed by atoms with Crippen LogP contribution in [0, 0.1) is 22.0 Å². The highest BCUT2D eigenvalue weighted by molar-refractivity contribution is 7.98. The van der Waals surface area contributed by atoms with Gasteiger partial charge in [-0.1, -0.05) is 6.92 Å². The summed E-state index contributed by atoms with van der Waals surface area (Å²) in [6.45, 7) is 2.36. The maximum atomic E-state index is 12.7. The number of nitro benzene ring substituents is 1. The molecule has 0 spiro atoms. The van der Waals surface area contributed by atoms with Gasteiger partial charge < -0.3 is 10.0 Å². The zero-order valence-electron chi connectivity index (χ0n) is 12.9. The predicted octanol–water partition coefficient (Wildman–Crippen LogP) is 2.50. The topological polar surface area (TPSA) is 101 Å². The molecule has 1 amide bonds.